The summed E-state index contributed by atoms with van der Waals surface area (Å²) in [7, 11) is 0. The predicted molar refractivity (Wildman–Crippen MR) is 85.4 cm³/mol. The Bertz CT molecular complexity index is 892. The van der Waals surface area contributed by atoms with E-state index in [9.17, 15) is 13.2 Å². The van der Waals surface area contributed by atoms with Crippen molar-refractivity contribution in [1.82, 2.24) is 29.8 Å². The van der Waals surface area contributed by atoms with Crippen molar-refractivity contribution in [2.24, 2.45) is 0 Å². The molecular formula is C16H19F3N6O. The smallest absolute Gasteiger partial charge is 0.425 e. The number of nitrogens with zero attached hydrogens (tertiary/aromatic N) is 6. The lowest BCUT2D eigenvalue weighted by Crippen LogP contribution is -2.09. The van der Waals surface area contributed by atoms with Gasteiger partial charge in [0, 0.05) is 37.3 Å². The van der Waals surface area contributed by atoms with Crippen molar-refractivity contribution >= 4 is 0 Å². The predicted octanol–water partition coefficient (Wildman–Crippen LogP) is 2.89. The van der Waals surface area contributed by atoms with Gasteiger partial charge in [-0.3, -0.25) is 9.36 Å². The van der Waals surface area contributed by atoms with Gasteiger partial charge >= 0.3 is 6.18 Å². The first-order valence-corrected chi connectivity index (χ1v) is 8.16. The van der Waals surface area contributed by atoms with Crippen molar-refractivity contribution in [1.29, 1.82) is 0 Å². The van der Waals surface area contributed by atoms with Crippen molar-refractivity contribution in [2.75, 3.05) is 0 Å². The molecule has 140 valence electrons. The van der Waals surface area contributed by atoms with Gasteiger partial charge in [-0.25, -0.2) is 0 Å². The molecule has 10 heteroatoms. The zero-order valence-corrected chi connectivity index (χ0v) is 14.7. The number of aryl methyl sites for hydroxylation is 7. The summed E-state index contributed by atoms with van der Waals surface area (Å²) in [4.78, 5) is 0. The molecule has 3 aromatic heterocycles. The summed E-state index contributed by atoms with van der Waals surface area (Å²) in [5, 5.41) is 15.9. The average molecular weight is 368 g/mol. The van der Waals surface area contributed by atoms with Crippen molar-refractivity contribution in [3.05, 3.63) is 46.7 Å². The van der Waals surface area contributed by atoms with Gasteiger partial charge in [-0.1, -0.05) is 0 Å². The van der Waals surface area contributed by atoms with Gasteiger partial charge in [0.2, 0.25) is 11.8 Å². The van der Waals surface area contributed by atoms with Gasteiger partial charge in [0.15, 0.2) is 5.69 Å². The molecule has 0 saturated heterocycles. The van der Waals surface area contributed by atoms with Crippen LogP contribution in [0, 0.1) is 20.8 Å². The van der Waals surface area contributed by atoms with E-state index in [0.717, 1.165) is 17.5 Å². The van der Waals surface area contributed by atoms with Crippen LogP contribution in [-0.4, -0.2) is 29.8 Å². The van der Waals surface area contributed by atoms with Gasteiger partial charge in [0.1, 0.15) is 0 Å². The molecule has 0 aliphatic rings. The van der Waals surface area contributed by atoms with Crippen molar-refractivity contribution in [2.45, 2.75) is 52.9 Å². The first-order valence-electron chi connectivity index (χ1n) is 8.16. The maximum atomic E-state index is 12.7. The van der Waals surface area contributed by atoms with E-state index < -0.39 is 11.9 Å². The fraction of sp³-hybridized carbons (Fsp3) is 0.500. The third kappa shape index (κ3) is 4.12. The zero-order chi connectivity index (χ0) is 18.9. The summed E-state index contributed by atoms with van der Waals surface area (Å²) in [6, 6.07) is 3.01. The molecule has 0 fully saturated rings. The average Bonchev–Trinajstić information content (AvgIpc) is 3.22. The molecular weight excluding hydrogens is 349 g/mol. The van der Waals surface area contributed by atoms with Crippen LogP contribution in [-0.2, 0) is 32.1 Å². The number of aromatic nitrogens is 6. The number of hydrogen-bond acceptors (Lipinski definition) is 5. The van der Waals surface area contributed by atoms with E-state index in [4.69, 9.17) is 4.42 Å². The standard InChI is InChI=1S/C16H19F3N6O/c1-10-8-11(2)24(22-10)6-4-14-20-21-15(26-14)5-7-25-12(3)9-13(23-25)16(17,18)19/h8-9H,4-7H2,1-3H3. The van der Waals surface area contributed by atoms with Gasteiger partial charge in [0.25, 0.3) is 0 Å². The van der Waals surface area contributed by atoms with Crippen LogP contribution >= 0.6 is 0 Å². The summed E-state index contributed by atoms with van der Waals surface area (Å²) >= 11 is 0. The Morgan fingerprint density at radius 3 is 1.88 bits per heavy atom. The normalized spacial score (nSPS) is 12.1. The monoisotopic (exact) mass is 368 g/mol. The van der Waals surface area contributed by atoms with Crippen LogP contribution in [0.3, 0.4) is 0 Å². The molecule has 3 heterocycles. The van der Waals surface area contributed by atoms with Crippen LogP contribution in [0.2, 0.25) is 0 Å². The quantitative estimate of drug-likeness (QED) is 0.669. The van der Waals surface area contributed by atoms with Crippen LogP contribution in [0.5, 0.6) is 0 Å². The molecule has 26 heavy (non-hydrogen) atoms. The maximum Gasteiger partial charge on any atom is 0.435 e. The molecule has 0 spiro atoms. The SMILES string of the molecule is Cc1cc(C)n(CCc2nnc(CCn3nc(C(F)(F)F)cc3C)o2)n1. The maximum absolute atomic E-state index is 12.7. The highest BCUT2D eigenvalue weighted by atomic mass is 19.4. The molecule has 0 amide bonds. The Kier molecular flexibility index (Phi) is 4.84. The van der Waals surface area contributed by atoms with Crippen molar-refractivity contribution < 1.29 is 17.6 Å². The molecule has 0 N–H and O–H groups in total. The van der Waals surface area contributed by atoms with Crippen LogP contribution in [0.25, 0.3) is 0 Å². The lowest BCUT2D eigenvalue weighted by Gasteiger charge is -2.03. The van der Waals surface area contributed by atoms with E-state index >= 15 is 0 Å². The van der Waals surface area contributed by atoms with Gasteiger partial charge in [0.05, 0.1) is 5.69 Å². The lowest BCUT2D eigenvalue weighted by atomic mass is 10.3. The highest BCUT2D eigenvalue weighted by Gasteiger charge is 2.34. The van der Waals surface area contributed by atoms with E-state index in [2.05, 4.69) is 20.4 Å². The summed E-state index contributed by atoms with van der Waals surface area (Å²) in [6.45, 7) is 6.34. The minimum Gasteiger partial charge on any atom is -0.425 e. The van der Waals surface area contributed by atoms with E-state index in [-0.39, 0.29) is 6.54 Å². The Morgan fingerprint density at radius 2 is 1.42 bits per heavy atom. The van der Waals surface area contributed by atoms with E-state index in [1.807, 2.05) is 24.6 Å². The van der Waals surface area contributed by atoms with Gasteiger partial charge in [-0.15, -0.1) is 10.2 Å². The van der Waals surface area contributed by atoms with Crippen molar-refractivity contribution in [3.8, 4) is 0 Å². The topological polar surface area (TPSA) is 74.6 Å². The Balaban J connectivity index is 1.57. The van der Waals surface area contributed by atoms with Crippen molar-refractivity contribution in [3.63, 3.8) is 0 Å². The number of alkyl halides is 3. The summed E-state index contributed by atoms with van der Waals surface area (Å²) in [6.07, 6.45) is -3.60. The lowest BCUT2D eigenvalue weighted by molar-refractivity contribution is -0.141. The Morgan fingerprint density at radius 1 is 0.885 bits per heavy atom. The molecule has 0 saturated carbocycles. The number of halogens is 3. The summed E-state index contributed by atoms with van der Waals surface area (Å²) < 4.78 is 46.8. The minimum absolute atomic E-state index is 0.237. The molecule has 3 rings (SSSR count). The van der Waals surface area contributed by atoms with E-state index in [0.29, 0.717) is 36.9 Å². The second kappa shape index (κ2) is 6.93. The molecule has 0 bridgehead atoms. The van der Waals surface area contributed by atoms with Crippen LogP contribution in [0.1, 0.15) is 34.6 Å². The van der Waals surface area contributed by atoms with Crippen LogP contribution < -0.4 is 0 Å². The van der Waals surface area contributed by atoms with Crippen LogP contribution in [0.4, 0.5) is 13.2 Å². The minimum atomic E-state index is -4.45. The molecule has 0 radical (unpaired) electrons. The Hall–Kier alpha value is -2.65. The number of hydrogen-bond donors (Lipinski definition) is 0. The fourth-order valence-electron chi connectivity index (χ4n) is 2.67. The highest BCUT2D eigenvalue weighted by Crippen LogP contribution is 2.28. The Labute approximate surface area is 147 Å². The molecule has 0 aliphatic carbocycles. The molecule has 0 unspecified atom stereocenters. The van der Waals surface area contributed by atoms with E-state index in [1.165, 1.54) is 4.68 Å². The first kappa shape index (κ1) is 18.2. The third-order valence-corrected chi connectivity index (χ3v) is 3.96. The number of rotatable bonds is 6. The van der Waals surface area contributed by atoms with Gasteiger partial charge in [-0.05, 0) is 32.9 Å². The zero-order valence-electron chi connectivity index (χ0n) is 14.7. The van der Waals surface area contributed by atoms with E-state index in [1.54, 1.807) is 6.92 Å². The molecule has 3 aromatic rings. The highest BCUT2D eigenvalue weighted by molar-refractivity contribution is 5.11. The summed E-state index contributed by atoms with van der Waals surface area (Å²) in [5.41, 5.74) is 1.53. The molecule has 7 nitrogen and oxygen atoms in total. The molecule has 0 aromatic carbocycles. The van der Waals surface area contributed by atoms with Gasteiger partial charge in [-0.2, -0.15) is 23.4 Å². The van der Waals surface area contributed by atoms with Crippen LogP contribution in [0.15, 0.2) is 16.5 Å². The second-order valence-corrected chi connectivity index (χ2v) is 6.13. The summed E-state index contributed by atoms with van der Waals surface area (Å²) in [5.74, 6) is 0.845. The molecule has 0 aliphatic heterocycles. The fourth-order valence-corrected chi connectivity index (χ4v) is 2.67. The van der Waals surface area contributed by atoms with Gasteiger partial charge < -0.3 is 4.42 Å². The molecule has 0 atom stereocenters. The first-order chi connectivity index (χ1) is 12.2. The third-order valence-electron chi connectivity index (χ3n) is 3.96. The second-order valence-electron chi connectivity index (χ2n) is 6.13. The largest absolute Gasteiger partial charge is 0.435 e.